The first-order valence-corrected chi connectivity index (χ1v) is 1.70. The van der Waals surface area contributed by atoms with Crippen LogP contribution in [0, 0.1) is 0 Å². The second-order valence-electron chi connectivity index (χ2n) is 0.987. The summed E-state index contributed by atoms with van der Waals surface area (Å²) in [5.41, 5.74) is 0. The molecule has 6 heavy (non-hydrogen) atoms. The zero-order valence-corrected chi connectivity index (χ0v) is 3.90. The molecule has 1 nitrogen and oxygen atoms in total. The van der Waals surface area contributed by atoms with E-state index in [0.717, 1.165) is 0 Å². The van der Waals surface area contributed by atoms with Crippen molar-refractivity contribution in [3.8, 4) is 0 Å². The lowest BCUT2D eigenvalue weighted by Gasteiger charge is -1.90. The van der Waals surface area contributed by atoms with Gasteiger partial charge in [-0.2, -0.15) is 0 Å². The van der Waals surface area contributed by atoms with E-state index < -0.39 is 0 Å². The van der Waals surface area contributed by atoms with Crippen molar-refractivity contribution in [3.63, 3.8) is 0 Å². The quantitative estimate of drug-likeness (QED) is 0.462. The molecule has 0 aromatic carbocycles. The predicted octanol–water partition coefficient (Wildman–Crippen LogP) is 1.68. The highest BCUT2D eigenvalue weighted by molar-refractivity contribution is 4.76. The summed E-state index contributed by atoms with van der Waals surface area (Å²) in [5, 5.41) is 0. The Labute approximate surface area is 37.9 Å². The Balaban J connectivity index is 3.05. The number of allylic oxidation sites excluding steroid dienone is 1. The van der Waals surface area contributed by atoms with Gasteiger partial charge >= 0.3 is 0 Å². The average molecular weight is 84.1 g/mol. The molecular weight excluding hydrogens is 76.1 g/mol. The largest absolute Gasteiger partial charge is 0.471 e. The van der Waals surface area contributed by atoms with Crippen molar-refractivity contribution in [1.29, 1.82) is 0 Å². The molecule has 0 aliphatic heterocycles. The van der Waals surface area contributed by atoms with Crippen molar-refractivity contribution in [2.24, 2.45) is 0 Å². The number of ether oxygens (including phenoxy) is 1. The third-order valence-electron chi connectivity index (χ3n) is 0.285. The fourth-order valence-electron chi connectivity index (χ4n) is 0.142. The van der Waals surface area contributed by atoms with Crippen LogP contribution in [-0.2, 0) is 4.74 Å². The van der Waals surface area contributed by atoms with E-state index in [4.69, 9.17) is 0 Å². The van der Waals surface area contributed by atoms with Crippen molar-refractivity contribution in [1.82, 2.24) is 0 Å². The molecule has 0 amide bonds. The van der Waals surface area contributed by atoms with Crippen LogP contribution in [0.2, 0.25) is 0 Å². The van der Waals surface area contributed by atoms with E-state index in [0.29, 0.717) is 5.76 Å². The van der Waals surface area contributed by atoms with Crippen LogP contribution in [0.4, 0.5) is 0 Å². The molecule has 0 atom stereocenters. The molecule has 1 heteroatoms. The second kappa shape index (κ2) is 2.51. The summed E-state index contributed by atoms with van der Waals surface area (Å²) in [4.78, 5) is 0. The second-order valence-corrected chi connectivity index (χ2v) is 0.987. The Morgan fingerprint density at radius 3 is 2.33 bits per heavy atom. The normalized spacial score (nSPS) is 6.83. The number of hydrogen-bond donors (Lipinski definition) is 0. The van der Waals surface area contributed by atoms with Crippen LogP contribution in [0.25, 0.3) is 0 Å². The zero-order chi connectivity index (χ0) is 4.99. The summed E-state index contributed by atoms with van der Waals surface area (Å²) in [7, 11) is 0. The van der Waals surface area contributed by atoms with E-state index in [9.17, 15) is 0 Å². The molecular formula is C5H8O. The van der Waals surface area contributed by atoms with Gasteiger partial charge in [0.2, 0.25) is 0 Å². The van der Waals surface area contributed by atoms with Crippen molar-refractivity contribution in [3.05, 3.63) is 25.2 Å². The van der Waals surface area contributed by atoms with E-state index in [1.54, 1.807) is 6.92 Å². The molecule has 0 radical (unpaired) electrons. The molecule has 0 bridgehead atoms. The Hall–Kier alpha value is -0.720. The van der Waals surface area contributed by atoms with Gasteiger partial charge in [0, 0.05) is 0 Å². The highest BCUT2D eigenvalue weighted by Crippen LogP contribution is 1.86. The Kier molecular flexibility index (Phi) is 2.21. The average Bonchev–Trinajstić information content (AvgIpc) is 1.35. The lowest BCUT2D eigenvalue weighted by atomic mass is 10.7. The molecule has 0 N–H and O–H groups in total. The van der Waals surface area contributed by atoms with Crippen molar-refractivity contribution in [2.75, 3.05) is 0 Å². The molecule has 0 unspecified atom stereocenters. The van der Waals surface area contributed by atoms with Crippen LogP contribution in [0.15, 0.2) is 25.2 Å². The molecule has 0 aromatic heterocycles. The minimum atomic E-state index is 0.671. The number of hydrogen-bond acceptors (Lipinski definition) is 1. The minimum Gasteiger partial charge on any atom is -0.471 e. The molecule has 0 rings (SSSR count). The summed E-state index contributed by atoms with van der Waals surface area (Å²) >= 11 is 0. The molecule has 34 valence electrons. The molecule has 0 heterocycles. The van der Waals surface area contributed by atoms with Crippen LogP contribution in [0.5, 0.6) is 0 Å². The summed E-state index contributed by atoms with van der Waals surface area (Å²) < 4.78 is 4.61. The Morgan fingerprint density at radius 2 is 2.33 bits per heavy atom. The van der Waals surface area contributed by atoms with E-state index in [2.05, 4.69) is 17.9 Å². The van der Waals surface area contributed by atoms with Gasteiger partial charge in [0.15, 0.2) is 0 Å². The molecule has 0 fully saturated rings. The van der Waals surface area contributed by atoms with Gasteiger partial charge in [-0.05, 0) is 6.92 Å². The fourth-order valence-corrected chi connectivity index (χ4v) is 0.142. The SMILES string of the molecule is C=COC(=C)C. The molecule has 0 aliphatic rings. The first-order valence-electron chi connectivity index (χ1n) is 1.70. The molecule has 0 saturated heterocycles. The standard InChI is InChI=1S/C5H8O/c1-4-6-5(2)3/h4H,1-2H2,3H3. The van der Waals surface area contributed by atoms with Gasteiger partial charge in [0.1, 0.15) is 0 Å². The van der Waals surface area contributed by atoms with Gasteiger partial charge in [-0.25, -0.2) is 0 Å². The van der Waals surface area contributed by atoms with Gasteiger partial charge in [-0.15, -0.1) is 0 Å². The number of rotatable bonds is 2. The minimum absolute atomic E-state index is 0.671. The predicted molar refractivity (Wildman–Crippen MR) is 26.1 cm³/mol. The third-order valence-corrected chi connectivity index (χ3v) is 0.285. The monoisotopic (exact) mass is 84.1 g/mol. The van der Waals surface area contributed by atoms with Crippen molar-refractivity contribution >= 4 is 0 Å². The highest BCUT2D eigenvalue weighted by Gasteiger charge is 1.69. The van der Waals surface area contributed by atoms with Crippen molar-refractivity contribution in [2.45, 2.75) is 6.92 Å². The van der Waals surface area contributed by atoms with Crippen LogP contribution < -0.4 is 0 Å². The first kappa shape index (κ1) is 5.28. The van der Waals surface area contributed by atoms with Crippen molar-refractivity contribution < 1.29 is 4.74 Å². The maximum atomic E-state index is 4.61. The lowest BCUT2D eigenvalue weighted by molar-refractivity contribution is 0.357. The topological polar surface area (TPSA) is 9.23 Å². The smallest absolute Gasteiger partial charge is 0.0929 e. The van der Waals surface area contributed by atoms with Crippen LogP contribution >= 0.6 is 0 Å². The lowest BCUT2D eigenvalue weighted by Crippen LogP contribution is -1.68. The van der Waals surface area contributed by atoms with E-state index in [1.807, 2.05) is 0 Å². The molecule has 0 spiro atoms. The van der Waals surface area contributed by atoms with E-state index >= 15 is 0 Å². The van der Waals surface area contributed by atoms with Crippen LogP contribution in [0.3, 0.4) is 0 Å². The highest BCUT2D eigenvalue weighted by atomic mass is 16.5. The van der Waals surface area contributed by atoms with E-state index in [1.165, 1.54) is 6.26 Å². The van der Waals surface area contributed by atoms with Gasteiger partial charge in [-0.1, -0.05) is 13.2 Å². The first-order chi connectivity index (χ1) is 2.77. The zero-order valence-electron chi connectivity index (χ0n) is 3.90. The summed E-state index contributed by atoms with van der Waals surface area (Å²) in [6, 6.07) is 0. The summed E-state index contributed by atoms with van der Waals surface area (Å²) in [6.07, 6.45) is 1.35. The van der Waals surface area contributed by atoms with Gasteiger partial charge in [-0.3, -0.25) is 0 Å². The van der Waals surface area contributed by atoms with Gasteiger partial charge in [0.05, 0.1) is 12.0 Å². The maximum absolute atomic E-state index is 4.61. The van der Waals surface area contributed by atoms with Gasteiger partial charge < -0.3 is 4.74 Å². The Bertz CT molecular complexity index is 64.3. The Morgan fingerprint density at radius 1 is 1.83 bits per heavy atom. The molecule has 0 saturated carbocycles. The van der Waals surface area contributed by atoms with E-state index in [-0.39, 0.29) is 0 Å². The summed E-state index contributed by atoms with van der Waals surface area (Å²) in [6.45, 7) is 8.53. The molecule has 0 aromatic rings. The molecule has 0 aliphatic carbocycles. The van der Waals surface area contributed by atoms with Crippen LogP contribution in [-0.4, -0.2) is 0 Å². The fraction of sp³-hybridized carbons (Fsp3) is 0.200. The summed E-state index contributed by atoms with van der Waals surface area (Å²) in [5.74, 6) is 0.671. The third kappa shape index (κ3) is 3.28. The van der Waals surface area contributed by atoms with Crippen LogP contribution in [0.1, 0.15) is 6.92 Å². The van der Waals surface area contributed by atoms with Gasteiger partial charge in [0.25, 0.3) is 0 Å². The maximum Gasteiger partial charge on any atom is 0.0929 e.